The zero-order valence-corrected chi connectivity index (χ0v) is 15.2. The Balaban J connectivity index is 1.75. The number of benzene rings is 3. The maximum absolute atomic E-state index is 12.6. The second-order valence-corrected chi connectivity index (χ2v) is 6.56. The molecule has 25 heavy (non-hydrogen) atoms. The van der Waals surface area contributed by atoms with E-state index in [1.807, 2.05) is 73.8 Å². The summed E-state index contributed by atoms with van der Waals surface area (Å²) in [5.74, 6) is 0.580. The Bertz CT molecular complexity index is 878. The minimum absolute atomic E-state index is 0.128. The third-order valence-electron chi connectivity index (χ3n) is 4.03. The Morgan fingerprint density at radius 2 is 1.76 bits per heavy atom. The number of para-hydroxylation sites is 1. The van der Waals surface area contributed by atoms with Crippen molar-refractivity contribution in [2.45, 2.75) is 24.3 Å². The maximum atomic E-state index is 12.6. The van der Waals surface area contributed by atoms with Gasteiger partial charge in [0, 0.05) is 4.90 Å². The summed E-state index contributed by atoms with van der Waals surface area (Å²) >= 11 is 1.61. The lowest BCUT2D eigenvalue weighted by Crippen LogP contribution is -2.32. The largest absolute Gasteiger partial charge is 0.481 e. The van der Waals surface area contributed by atoms with Crippen molar-refractivity contribution in [3.8, 4) is 5.75 Å². The molecule has 3 rings (SSSR count). The highest BCUT2D eigenvalue weighted by molar-refractivity contribution is 7.98. The number of ether oxygens (including phenoxy) is 1. The standard InChI is InChI=1S/C21H21NO2S/c1-3-19(21(23)22-18-10-6-7-11-20(18)25-2)24-17-13-12-15-8-4-5-9-16(15)14-17/h4-14,19H,3H2,1-2H3,(H,22,23). The van der Waals surface area contributed by atoms with Gasteiger partial charge in [0.15, 0.2) is 6.10 Å². The molecule has 0 spiro atoms. The normalized spacial score (nSPS) is 11.9. The summed E-state index contributed by atoms with van der Waals surface area (Å²) in [4.78, 5) is 13.7. The summed E-state index contributed by atoms with van der Waals surface area (Å²) in [6.45, 7) is 1.95. The van der Waals surface area contributed by atoms with E-state index in [1.165, 1.54) is 0 Å². The Morgan fingerprint density at radius 1 is 1.04 bits per heavy atom. The molecule has 0 saturated heterocycles. The van der Waals surface area contributed by atoms with Crippen LogP contribution in [0.4, 0.5) is 5.69 Å². The molecular weight excluding hydrogens is 330 g/mol. The van der Waals surface area contributed by atoms with Crippen molar-refractivity contribution in [3.05, 3.63) is 66.7 Å². The minimum atomic E-state index is -0.531. The third kappa shape index (κ3) is 4.15. The van der Waals surface area contributed by atoms with E-state index in [0.29, 0.717) is 12.2 Å². The van der Waals surface area contributed by atoms with Crippen molar-refractivity contribution in [1.82, 2.24) is 0 Å². The molecule has 0 aromatic heterocycles. The zero-order valence-electron chi connectivity index (χ0n) is 14.4. The van der Waals surface area contributed by atoms with E-state index >= 15 is 0 Å². The van der Waals surface area contributed by atoms with Gasteiger partial charge in [0.1, 0.15) is 5.75 Å². The molecule has 4 heteroatoms. The molecule has 1 unspecified atom stereocenters. The molecule has 0 bridgehead atoms. The fourth-order valence-corrected chi connectivity index (χ4v) is 3.24. The lowest BCUT2D eigenvalue weighted by molar-refractivity contribution is -0.122. The van der Waals surface area contributed by atoms with Gasteiger partial charge in [0.05, 0.1) is 5.69 Å². The van der Waals surface area contributed by atoms with Crippen LogP contribution in [0, 0.1) is 0 Å². The molecule has 3 nitrogen and oxygen atoms in total. The summed E-state index contributed by atoms with van der Waals surface area (Å²) in [5, 5.41) is 5.24. The molecule has 0 radical (unpaired) electrons. The molecule has 1 atom stereocenters. The van der Waals surface area contributed by atoms with Crippen molar-refractivity contribution in [2.24, 2.45) is 0 Å². The van der Waals surface area contributed by atoms with E-state index in [4.69, 9.17) is 4.74 Å². The van der Waals surface area contributed by atoms with Crippen LogP contribution in [0.5, 0.6) is 5.75 Å². The molecular formula is C21H21NO2S. The van der Waals surface area contributed by atoms with Crippen molar-refractivity contribution >= 4 is 34.1 Å². The number of anilines is 1. The first-order valence-electron chi connectivity index (χ1n) is 8.30. The van der Waals surface area contributed by atoms with Crippen LogP contribution in [0.3, 0.4) is 0 Å². The minimum Gasteiger partial charge on any atom is -0.481 e. The number of fused-ring (bicyclic) bond motifs is 1. The van der Waals surface area contributed by atoms with E-state index in [-0.39, 0.29) is 5.91 Å². The van der Waals surface area contributed by atoms with Gasteiger partial charge in [-0.15, -0.1) is 11.8 Å². The van der Waals surface area contributed by atoms with Crippen LogP contribution in [0.1, 0.15) is 13.3 Å². The lowest BCUT2D eigenvalue weighted by Gasteiger charge is -2.18. The Hall–Kier alpha value is -2.46. The van der Waals surface area contributed by atoms with Crippen LogP contribution in [-0.4, -0.2) is 18.3 Å². The molecule has 3 aromatic carbocycles. The average Bonchev–Trinajstić information content (AvgIpc) is 2.66. The fraction of sp³-hybridized carbons (Fsp3) is 0.190. The van der Waals surface area contributed by atoms with Gasteiger partial charge in [-0.25, -0.2) is 0 Å². The first-order valence-corrected chi connectivity index (χ1v) is 9.53. The molecule has 0 saturated carbocycles. The molecule has 0 aliphatic heterocycles. The van der Waals surface area contributed by atoms with Crippen LogP contribution >= 0.6 is 11.8 Å². The highest BCUT2D eigenvalue weighted by atomic mass is 32.2. The Kier molecular flexibility index (Phi) is 5.61. The predicted molar refractivity (Wildman–Crippen MR) is 106 cm³/mol. The Labute approximate surface area is 152 Å². The molecule has 128 valence electrons. The summed E-state index contributed by atoms with van der Waals surface area (Å²) in [7, 11) is 0. The first-order chi connectivity index (χ1) is 12.2. The number of thioether (sulfide) groups is 1. The molecule has 1 N–H and O–H groups in total. The topological polar surface area (TPSA) is 38.3 Å². The molecule has 3 aromatic rings. The van der Waals surface area contributed by atoms with Gasteiger partial charge >= 0.3 is 0 Å². The van der Waals surface area contributed by atoms with E-state index in [9.17, 15) is 4.79 Å². The number of nitrogens with one attached hydrogen (secondary N) is 1. The van der Waals surface area contributed by atoms with Gasteiger partial charge in [0.25, 0.3) is 5.91 Å². The van der Waals surface area contributed by atoms with Crippen LogP contribution in [-0.2, 0) is 4.79 Å². The second kappa shape index (κ2) is 8.08. The van der Waals surface area contributed by atoms with E-state index < -0.39 is 6.10 Å². The van der Waals surface area contributed by atoms with Gasteiger partial charge in [-0.1, -0.05) is 49.4 Å². The van der Waals surface area contributed by atoms with E-state index in [1.54, 1.807) is 11.8 Å². The molecule has 1 amide bonds. The van der Waals surface area contributed by atoms with Gasteiger partial charge in [-0.05, 0) is 47.7 Å². The van der Waals surface area contributed by atoms with Crippen LogP contribution < -0.4 is 10.1 Å². The SMILES string of the molecule is CCC(Oc1ccc2ccccc2c1)C(=O)Nc1ccccc1SC. The van der Waals surface area contributed by atoms with Crippen LogP contribution in [0.25, 0.3) is 10.8 Å². The maximum Gasteiger partial charge on any atom is 0.265 e. The van der Waals surface area contributed by atoms with E-state index in [2.05, 4.69) is 11.4 Å². The Morgan fingerprint density at radius 3 is 2.52 bits per heavy atom. The number of rotatable bonds is 6. The van der Waals surface area contributed by atoms with Gasteiger partial charge in [0.2, 0.25) is 0 Å². The number of hydrogen-bond acceptors (Lipinski definition) is 3. The number of amides is 1. The van der Waals surface area contributed by atoms with Crippen LogP contribution in [0.15, 0.2) is 71.6 Å². The van der Waals surface area contributed by atoms with Crippen molar-refractivity contribution < 1.29 is 9.53 Å². The second-order valence-electron chi connectivity index (χ2n) is 5.71. The van der Waals surface area contributed by atoms with Crippen LogP contribution in [0.2, 0.25) is 0 Å². The summed E-state index contributed by atoms with van der Waals surface area (Å²) < 4.78 is 5.96. The third-order valence-corrected chi connectivity index (χ3v) is 4.82. The average molecular weight is 351 g/mol. The molecule has 0 aliphatic carbocycles. The highest BCUT2D eigenvalue weighted by Gasteiger charge is 2.19. The monoisotopic (exact) mass is 351 g/mol. The lowest BCUT2D eigenvalue weighted by atomic mass is 10.1. The summed E-state index contributed by atoms with van der Waals surface area (Å²) in [6.07, 6.45) is 2.06. The number of carbonyl (C=O) groups excluding carboxylic acids is 1. The molecule has 0 fully saturated rings. The van der Waals surface area contributed by atoms with Gasteiger partial charge in [-0.2, -0.15) is 0 Å². The summed E-state index contributed by atoms with van der Waals surface area (Å²) in [6, 6.07) is 21.8. The van der Waals surface area contributed by atoms with Crippen molar-refractivity contribution in [3.63, 3.8) is 0 Å². The van der Waals surface area contributed by atoms with Crippen molar-refractivity contribution in [2.75, 3.05) is 11.6 Å². The number of carbonyl (C=O) groups is 1. The molecule has 0 aliphatic rings. The van der Waals surface area contributed by atoms with E-state index in [0.717, 1.165) is 21.4 Å². The molecule has 0 heterocycles. The zero-order chi connectivity index (χ0) is 17.6. The smallest absolute Gasteiger partial charge is 0.265 e. The first kappa shape index (κ1) is 17.4. The fourth-order valence-electron chi connectivity index (χ4n) is 2.69. The number of hydrogen-bond donors (Lipinski definition) is 1. The van der Waals surface area contributed by atoms with Gasteiger partial charge in [-0.3, -0.25) is 4.79 Å². The predicted octanol–water partition coefficient (Wildman–Crippen LogP) is 5.36. The van der Waals surface area contributed by atoms with Gasteiger partial charge < -0.3 is 10.1 Å². The highest BCUT2D eigenvalue weighted by Crippen LogP contribution is 2.26. The summed E-state index contributed by atoms with van der Waals surface area (Å²) in [5.41, 5.74) is 0.820. The quantitative estimate of drug-likeness (QED) is 0.608. The van der Waals surface area contributed by atoms with Crippen molar-refractivity contribution in [1.29, 1.82) is 0 Å².